The highest BCUT2D eigenvalue weighted by atomic mass is 19.1. The second kappa shape index (κ2) is 11.0. The minimum atomic E-state index is -1.41. The first-order valence-corrected chi connectivity index (χ1v) is 11.4. The van der Waals surface area contributed by atoms with Crippen molar-refractivity contribution in [3.8, 4) is 46.1 Å². The van der Waals surface area contributed by atoms with Gasteiger partial charge in [-0.3, -0.25) is 10.2 Å². The molecular formula is C26H23F2N5O6. The second-order valence-electron chi connectivity index (χ2n) is 8.40. The summed E-state index contributed by atoms with van der Waals surface area (Å²) in [5, 5.41) is 26.8. The van der Waals surface area contributed by atoms with Gasteiger partial charge >= 0.3 is 5.97 Å². The Morgan fingerprint density at radius 2 is 1.87 bits per heavy atom. The van der Waals surface area contributed by atoms with Gasteiger partial charge in [0.05, 0.1) is 6.42 Å². The van der Waals surface area contributed by atoms with Crippen LogP contribution in [0.1, 0.15) is 18.9 Å². The Morgan fingerprint density at radius 1 is 1.15 bits per heavy atom. The van der Waals surface area contributed by atoms with Gasteiger partial charge in [0.25, 0.3) is 11.8 Å². The Kier molecular flexibility index (Phi) is 7.60. The van der Waals surface area contributed by atoms with Crippen molar-refractivity contribution in [2.45, 2.75) is 19.4 Å². The van der Waals surface area contributed by atoms with Crippen LogP contribution in [0, 0.1) is 17.0 Å². The Labute approximate surface area is 220 Å². The number of halogens is 2. The number of aliphatic carboxylic acids is 1. The summed E-state index contributed by atoms with van der Waals surface area (Å²) >= 11 is 0. The van der Waals surface area contributed by atoms with Gasteiger partial charge in [-0.05, 0) is 37.3 Å². The van der Waals surface area contributed by atoms with E-state index < -0.39 is 53.4 Å². The van der Waals surface area contributed by atoms with Crippen molar-refractivity contribution in [1.29, 1.82) is 5.41 Å². The summed E-state index contributed by atoms with van der Waals surface area (Å²) in [5.74, 6) is -7.01. The van der Waals surface area contributed by atoms with E-state index in [1.807, 2.05) is 0 Å². The summed E-state index contributed by atoms with van der Waals surface area (Å²) in [4.78, 5) is 19.1. The van der Waals surface area contributed by atoms with Crippen LogP contribution in [-0.4, -0.2) is 42.7 Å². The number of nitrogen functional groups attached to an aromatic ring is 1. The largest absolute Gasteiger partial charge is 0.504 e. The Bertz CT molecular complexity index is 1560. The van der Waals surface area contributed by atoms with E-state index in [1.54, 1.807) is 42.2 Å². The van der Waals surface area contributed by atoms with Gasteiger partial charge in [0, 0.05) is 30.6 Å². The van der Waals surface area contributed by atoms with Gasteiger partial charge in [-0.2, -0.15) is 13.8 Å². The maximum absolute atomic E-state index is 15.5. The molecule has 0 bridgehead atoms. The predicted octanol–water partition coefficient (Wildman–Crippen LogP) is 4.58. The van der Waals surface area contributed by atoms with Crippen LogP contribution in [0.2, 0.25) is 0 Å². The zero-order valence-electron chi connectivity index (χ0n) is 20.7. The monoisotopic (exact) mass is 539 g/mol. The average Bonchev–Trinajstić information content (AvgIpc) is 3.31. The lowest BCUT2D eigenvalue weighted by Gasteiger charge is -2.18. The molecule has 4 rings (SSSR count). The highest BCUT2D eigenvalue weighted by molar-refractivity contribution is 5.95. The Balaban J connectivity index is 1.77. The van der Waals surface area contributed by atoms with E-state index in [1.165, 1.54) is 25.1 Å². The number of rotatable bonds is 10. The van der Waals surface area contributed by atoms with Crippen LogP contribution in [-0.2, 0) is 11.8 Å². The molecule has 2 aromatic heterocycles. The number of amidine groups is 1. The van der Waals surface area contributed by atoms with E-state index in [9.17, 15) is 9.90 Å². The Morgan fingerprint density at radius 3 is 2.51 bits per heavy atom. The number of aromatic nitrogens is 3. The van der Waals surface area contributed by atoms with Gasteiger partial charge in [-0.15, -0.1) is 0 Å². The lowest BCUT2D eigenvalue weighted by Crippen LogP contribution is -2.18. The number of imidazole rings is 1. The van der Waals surface area contributed by atoms with Crippen LogP contribution in [0.4, 0.5) is 8.78 Å². The molecule has 2 heterocycles. The normalized spacial score (nSPS) is 11.6. The number of carboxylic acids is 1. The first-order valence-electron chi connectivity index (χ1n) is 11.4. The molecule has 0 spiro atoms. The topological polar surface area (TPSA) is 166 Å². The van der Waals surface area contributed by atoms with Gasteiger partial charge in [-0.25, -0.2) is 4.98 Å². The first kappa shape index (κ1) is 26.9. The number of nitrogens with zero attached hydrogens (tertiary/aromatic N) is 3. The summed E-state index contributed by atoms with van der Waals surface area (Å²) in [7, 11) is 1.79. The molecule has 0 aliphatic carbocycles. The number of nitrogens with one attached hydrogen (secondary N) is 1. The lowest BCUT2D eigenvalue weighted by molar-refractivity contribution is -0.138. The second-order valence-corrected chi connectivity index (χ2v) is 8.40. The SMILES string of the molecule is CC(CC(=O)O)Oc1c(F)c(Oc2cccc(-c3nccn3C)c2)nc(Oc2cc(C(=N)N)ccc2O)c1F. The van der Waals surface area contributed by atoms with E-state index in [-0.39, 0.29) is 22.9 Å². The fourth-order valence-corrected chi connectivity index (χ4v) is 3.53. The number of hydrogen-bond donors (Lipinski definition) is 4. The van der Waals surface area contributed by atoms with Crippen molar-refractivity contribution in [1.82, 2.24) is 14.5 Å². The molecule has 0 saturated carbocycles. The molecular weight excluding hydrogens is 516 g/mol. The number of phenols is 1. The summed E-state index contributed by atoms with van der Waals surface area (Å²) in [6, 6.07) is 10.1. The zero-order chi connectivity index (χ0) is 28.3. The van der Waals surface area contributed by atoms with Gasteiger partial charge < -0.3 is 34.7 Å². The van der Waals surface area contributed by atoms with Crippen molar-refractivity contribution in [2.24, 2.45) is 12.8 Å². The Hall–Kier alpha value is -5.20. The average molecular weight is 539 g/mol. The van der Waals surface area contributed by atoms with E-state index in [4.69, 9.17) is 30.5 Å². The summed E-state index contributed by atoms with van der Waals surface area (Å²) < 4.78 is 49.0. The molecule has 1 atom stereocenters. The van der Waals surface area contributed by atoms with Crippen LogP contribution in [0.15, 0.2) is 54.9 Å². The molecule has 13 heteroatoms. The van der Waals surface area contributed by atoms with Crippen molar-refractivity contribution >= 4 is 11.8 Å². The molecule has 0 fully saturated rings. The summed E-state index contributed by atoms with van der Waals surface area (Å²) in [6.45, 7) is 1.31. The third-order valence-corrected chi connectivity index (χ3v) is 5.36. The first-order chi connectivity index (χ1) is 18.5. The van der Waals surface area contributed by atoms with Crippen molar-refractivity contribution in [3.05, 3.63) is 72.1 Å². The number of hydrogen-bond acceptors (Lipinski definition) is 8. The van der Waals surface area contributed by atoms with Gasteiger partial charge in [0.15, 0.2) is 11.5 Å². The molecule has 5 N–H and O–H groups in total. The number of pyridine rings is 1. The predicted molar refractivity (Wildman–Crippen MR) is 134 cm³/mol. The van der Waals surface area contributed by atoms with Crippen molar-refractivity contribution in [3.63, 3.8) is 0 Å². The number of aryl methyl sites for hydroxylation is 1. The lowest BCUT2D eigenvalue weighted by atomic mass is 10.2. The molecule has 0 aliphatic rings. The number of carboxylic acid groups (broad SMARTS) is 1. The third kappa shape index (κ3) is 6.04. The molecule has 202 valence electrons. The van der Waals surface area contributed by atoms with Gasteiger partial charge in [0.2, 0.25) is 17.4 Å². The maximum atomic E-state index is 15.5. The number of carbonyl (C=O) groups is 1. The van der Waals surface area contributed by atoms with Gasteiger partial charge in [0.1, 0.15) is 23.5 Å². The fraction of sp³-hybridized carbons (Fsp3) is 0.154. The quantitative estimate of drug-likeness (QED) is 0.167. The van der Waals surface area contributed by atoms with Crippen LogP contribution >= 0.6 is 0 Å². The molecule has 0 saturated heterocycles. The molecule has 0 amide bonds. The van der Waals surface area contributed by atoms with Crippen LogP contribution in [0.25, 0.3) is 11.4 Å². The van der Waals surface area contributed by atoms with Crippen molar-refractivity contribution < 1.29 is 38.0 Å². The van der Waals surface area contributed by atoms with E-state index >= 15 is 8.78 Å². The number of aromatic hydroxyl groups is 1. The van der Waals surface area contributed by atoms with Crippen molar-refractivity contribution in [2.75, 3.05) is 0 Å². The molecule has 0 radical (unpaired) electrons. The standard InChI is InChI=1S/C26H23F2N5O6/c1-13(10-19(35)36)37-22-20(27)25(38-16-5-3-4-15(11-16)24-31-8-9-33(24)2)32-26(21(22)28)39-18-12-14(23(29)30)6-7-17(18)34/h3-9,11-13,34H,10H2,1-2H3,(H3,29,30)(H,35,36). The number of benzene rings is 2. The zero-order valence-corrected chi connectivity index (χ0v) is 20.7. The molecule has 2 aromatic carbocycles. The van der Waals surface area contributed by atoms with Gasteiger partial charge in [-0.1, -0.05) is 12.1 Å². The molecule has 4 aromatic rings. The molecule has 39 heavy (non-hydrogen) atoms. The maximum Gasteiger partial charge on any atom is 0.307 e. The number of nitrogens with two attached hydrogens (primary N) is 1. The number of ether oxygens (including phenoxy) is 3. The molecule has 0 aliphatic heterocycles. The van der Waals surface area contributed by atoms with Crippen LogP contribution in [0.5, 0.6) is 34.8 Å². The minimum absolute atomic E-state index is 0.116. The fourth-order valence-electron chi connectivity index (χ4n) is 3.53. The summed E-state index contributed by atoms with van der Waals surface area (Å²) in [6.07, 6.45) is 1.65. The smallest absolute Gasteiger partial charge is 0.307 e. The van der Waals surface area contributed by atoms with Crippen LogP contribution in [0.3, 0.4) is 0 Å². The third-order valence-electron chi connectivity index (χ3n) is 5.36. The van der Waals surface area contributed by atoms with E-state index in [2.05, 4.69) is 9.97 Å². The highest BCUT2D eigenvalue weighted by Gasteiger charge is 2.28. The minimum Gasteiger partial charge on any atom is -0.504 e. The van der Waals surface area contributed by atoms with E-state index in [0.717, 1.165) is 6.07 Å². The van der Waals surface area contributed by atoms with Crippen LogP contribution < -0.4 is 19.9 Å². The number of phenolic OH excluding ortho intramolecular Hbond substituents is 1. The summed E-state index contributed by atoms with van der Waals surface area (Å²) in [5.41, 5.74) is 6.26. The molecule has 1 unspecified atom stereocenters. The van der Waals surface area contributed by atoms with E-state index in [0.29, 0.717) is 11.4 Å². The molecule has 11 nitrogen and oxygen atoms in total. The highest BCUT2D eigenvalue weighted by Crippen LogP contribution is 2.40.